The van der Waals surface area contributed by atoms with Gasteiger partial charge in [-0.2, -0.15) is 0 Å². The van der Waals surface area contributed by atoms with Crippen molar-refractivity contribution in [3.8, 4) is 0 Å². The molecule has 0 unspecified atom stereocenters. The van der Waals surface area contributed by atoms with Crippen LogP contribution in [0.4, 0.5) is 5.82 Å². The summed E-state index contributed by atoms with van der Waals surface area (Å²) >= 11 is 0. The molecule has 0 aliphatic carbocycles. The molecule has 0 aliphatic rings. The number of aromatic nitrogens is 1. The molecule has 1 heterocycles. The van der Waals surface area contributed by atoms with Crippen molar-refractivity contribution in [2.24, 2.45) is 0 Å². The molecule has 0 radical (unpaired) electrons. The monoisotopic (exact) mass is 224 g/mol. The second-order valence-electron chi connectivity index (χ2n) is 2.90. The van der Waals surface area contributed by atoms with Crippen LogP contribution in [0.15, 0.2) is 18.3 Å². The second-order valence-corrected chi connectivity index (χ2v) is 2.90. The van der Waals surface area contributed by atoms with Crippen LogP contribution in [0.2, 0.25) is 0 Å². The molecular weight excluding hydrogens is 212 g/mol. The van der Waals surface area contributed by atoms with E-state index in [1.807, 2.05) is 0 Å². The quantitative estimate of drug-likeness (QED) is 0.751. The Morgan fingerprint density at radius 3 is 2.62 bits per heavy atom. The number of hydrogen-bond donors (Lipinski definition) is 1. The fourth-order valence-corrected chi connectivity index (χ4v) is 1.02. The third-order valence-corrected chi connectivity index (χ3v) is 1.73. The molecule has 0 fully saturated rings. The van der Waals surface area contributed by atoms with E-state index in [-0.39, 0.29) is 12.5 Å². The molecule has 6 nitrogen and oxygen atoms in total. The summed E-state index contributed by atoms with van der Waals surface area (Å²) in [6, 6.07) is 3.03. The highest BCUT2D eigenvalue weighted by molar-refractivity contribution is 5.92. The van der Waals surface area contributed by atoms with Gasteiger partial charge >= 0.3 is 5.97 Å². The van der Waals surface area contributed by atoms with Gasteiger partial charge in [-0.05, 0) is 12.1 Å². The third kappa shape index (κ3) is 3.32. The minimum absolute atomic E-state index is 0.0412. The van der Waals surface area contributed by atoms with Gasteiger partial charge in [-0.15, -0.1) is 0 Å². The highest BCUT2D eigenvalue weighted by atomic mass is 16.5. The van der Waals surface area contributed by atoms with Gasteiger partial charge in [-0.25, -0.2) is 9.78 Å². The molecule has 1 aromatic rings. The molecule has 6 heteroatoms. The number of rotatable bonds is 4. The molecule has 1 amide bonds. The average molecular weight is 224 g/mol. The summed E-state index contributed by atoms with van der Waals surface area (Å²) in [5, 5.41) is 2.50. The zero-order chi connectivity index (χ0) is 12.0. The van der Waals surface area contributed by atoms with Crippen LogP contribution in [0, 0.1) is 0 Å². The maximum Gasteiger partial charge on any atom is 0.339 e. The molecule has 0 aliphatic heterocycles. The number of amides is 1. The fraction of sp³-hybridized carbons (Fsp3) is 0.300. The van der Waals surface area contributed by atoms with E-state index in [1.54, 1.807) is 0 Å². The molecule has 0 atom stereocenters. The molecule has 0 spiro atoms. The Hall–Kier alpha value is -1.95. The van der Waals surface area contributed by atoms with Gasteiger partial charge in [-0.1, -0.05) is 0 Å². The van der Waals surface area contributed by atoms with Crippen molar-refractivity contribution in [1.82, 2.24) is 4.98 Å². The topological polar surface area (TPSA) is 77.5 Å². The first kappa shape index (κ1) is 12.1. The molecule has 1 aromatic heterocycles. The van der Waals surface area contributed by atoms with E-state index in [9.17, 15) is 9.59 Å². The molecule has 0 aromatic carbocycles. The Kier molecular flexibility index (Phi) is 4.41. The number of nitrogens with zero attached hydrogens (tertiary/aromatic N) is 1. The van der Waals surface area contributed by atoms with Crippen LogP contribution < -0.4 is 5.32 Å². The zero-order valence-corrected chi connectivity index (χ0v) is 9.02. The number of ether oxygens (including phenoxy) is 2. The van der Waals surface area contributed by atoms with E-state index in [1.165, 1.54) is 32.5 Å². The summed E-state index contributed by atoms with van der Waals surface area (Å²) in [7, 11) is 2.71. The maximum atomic E-state index is 11.1. The number of esters is 1. The first-order valence-electron chi connectivity index (χ1n) is 4.50. The lowest BCUT2D eigenvalue weighted by molar-refractivity contribution is -0.119. The molecule has 1 N–H and O–H groups in total. The number of pyridine rings is 1. The fourth-order valence-electron chi connectivity index (χ4n) is 1.02. The normalized spacial score (nSPS) is 9.62. The first-order valence-corrected chi connectivity index (χ1v) is 4.50. The summed E-state index contributed by atoms with van der Waals surface area (Å²) in [4.78, 5) is 26.1. The Bertz CT molecular complexity index is 375. The Labute approximate surface area is 92.6 Å². The van der Waals surface area contributed by atoms with Gasteiger partial charge in [0.25, 0.3) is 5.91 Å². The summed E-state index contributed by atoms with van der Waals surface area (Å²) < 4.78 is 9.15. The Morgan fingerprint density at radius 2 is 2.12 bits per heavy atom. The van der Waals surface area contributed by atoms with Crippen LogP contribution in [0.1, 0.15) is 10.4 Å². The minimum Gasteiger partial charge on any atom is -0.465 e. The Balaban J connectivity index is 2.64. The van der Waals surface area contributed by atoms with Gasteiger partial charge in [0, 0.05) is 13.3 Å². The predicted molar refractivity (Wildman–Crippen MR) is 56.1 cm³/mol. The van der Waals surface area contributed by atoms with Crippen molar-refractivity contribution < 1.29 is 19.1 Å². The lowest BCUT2D eigenvalue weighted by Gasteiger charge is -2.04. The number of methoxy groups -OCH3 is 2. The predicted octanol–water partition coefficient (Wildman–Crippen LogP) is 0.453. The maximum absolute atomic E-state index is 11.1. The molecule has 1 rings (SSSR count). The van der Waals surface area contributed by atoms with Gasteiger partial charge in [-0.3, -0.25) is 4.79 Å². The summed E-state index contributed by atoms with van der Waals surface area (Å²) in [6.07, 6.45) is 1.33. The first-order chi connectivity index (χ1) is 7.67. The number of hydrogen-bond acceptors (Lipinski definition) is 5. The number of nitrogens with one attached hydrogen (secondary N) is 1. The average Bonchev–Trinajstić information content (AvgIpc) is 2.29. The Morgan fingerprint density at radius 1 is 1.38 bits per heavy atom. The number of anilines is 1. The third-order valence-electron chi connectivity index (χ3n) is 1.73. The summed E-state index contributed by atoms with van der Waals surface area (Å²) in [6.45, 7) is -0.0412. The van der Waals surface area contributed by atoms with Crippen molar-refractivity contribution in [3.05, 3.63) is 23.9 Å². The minimum atomic E-state index is -0.470. The van der Waals surface area contributed by atoms with Crippen LogP contribution in [-0.2, 0) is 14.3 Å². The standard InChI is InChI=1S/C10H12N2O4/c1-15-6-9(13)12-8-4-3-7(5-11-8)10(14)16-2/h3-5H,6H2,1-2H3,(H,11,12,13). The molecular formula is C10H12N2O4. The highest BCUT2D eigenvalue weighted by Gasteiger charge is 2.06. The lowest BCUT2D eigenvalue weighted by Crippen LogP contribution is -2.18. The summed E-state index contributed by atoms with van der Waals surface area (Å²) in [5.74, 6) is -0.419. The van der Waals surface area contributed by atoms with Crippen LogP contribution in [0.3, 0.4) is 0 Å². The van der Waals surface area contributed by atoms with Crippen molar-refractivity contribution in [2.75, 3.05) is 26.1 Å². The van der Waals surface area contributed by atoms with Crippen molar-refractivity contribution >= 4 is 17.7 Å². The molecule has 16 heavy (non-hydrogen) atoms. The number of carbonyl (C=O) groups is 2. The lowest BCUT2D eigenvalue weighted by atomic mass is 10.3. The number of carbonyl (C=O) groups excluding carboxylic acids is 2. The van der Waals surface area contributed by atoms with E-state index in [2.05, 4.69) is 19.8 Å². The van der Waals surface area contributed by atoms with Crippen LogP contribution >= 0.6 is 0 Å². The molecule has 86 valence electrons. The van der Waals surface area contributed by atoms with Crippen molar-refractivity contribution in [3.63, 3.8) is 0 Å². The van der Waals surface area contributed by atoms with Crippen LogP contribution in [0.25, 0.3) is 0 Å². The van der Waals surface area contributed by atoms with Gasteiger partial charge in [0.1, 0.15) is 12.4 Å². The summed E-state index contributed by atoms with van der Waals surface area (Å²) in [5.41, 5.74) is 0.326. The van der Waals surface area contributed by atoms with Crippen molar-refractivity contribution in [2.45, 2.75) is 0 Å². The van der Waals surface area contributed by atoms with Crippen molar-refractivity contribution in [1.29, 1.82) is 0 Å². The second kappa shape index (κ2) is 5.82. The van der Waals surface area contributed by atoms with Crippen LogP contribution in [-0.4, -0.2) is 37.7 Å². The van der Waals surface area contributed by atoms with E-state index < -0.39 is 5.97 Å². The highest BCUT2D eigenvalue weighted by Crippen LogP contribution is 2.05. The van der Waals surface area contributed by atoms with E-state index in [0.29, 0.717) is 11.4 Å². The van der Waals surface area contributed by atoms with Gasteiger partial charge < -0.3 is 14.8 Å². The largest absolute Gasteiger partial charge is 0.465 e. The SMILES string of the molecule is COCC(=O)Nc1ccc(C(=O)OC)cn1. The van der Waals surface area contributed by atoms with Gasteiger partial charge in [0.05, 0.1) is 12.7 Å². The van der Waals surface area contributed by atoms with Gasteiger partial charge in [0.2, 0.25) is 0 Å². The molecule has 0 saturated heterocycles. The van der Waals surface area contributed by atoms with Crippen LogP contribution in [0.5, 0.6) is 0 Å². The van der Waals surface area contributed by atoms with E-state index in [4.69, 9.17) is 0 Å². The van der Waals surface area contributed by atoms with E-state index in [0.717, 1.165) is 0 Å². The zero-order valence-electron chi connectivity index (χ0n) is 9.02. The smallest absolute Gasteiger partial charge is 0.339 e. The molecule has 0 bridgehead atoms. The van der Waals surface area contributed by atoms with E-state index >= 15 is 0 Å². The van der Waals surface area contributed by atoms with Gasteiger partial charge in [0.15, 0.2) is 0 Å². The molecule has 0 saturated carbocycles.